The zero-order valence-electron chi connectivity index (χ0n) is 19.3. The van der Waals surface area contributed by atoms with Gasteiger partial charge in [-0.25, -0.2) is 9.78 Å². The third-order valence-electron chi connectivity index (χ3n) is 6.00. The minimum atomic E-state index is -0.388. The quantitative estimate of drug-likeness (QED) is 0.675. The average molecular weight is 451 g/mol. The van der Waals surface area contributed by atoms with Crippen LogP contribution in [0.3, 0.4) is 0 Å². The molecule has 1 aromatic carbocycles. The number of cyclic esters (lactones) is 1. The van der Waals surface area contributed by atoms with Crippen LogP contribution in [-0.4, -0.2) is 59.1 Å². The summed E-state index contributed by atoms with van der Waals surface area (Å²) in [4.78, 5) is 38.6. The van der Waals surface area contributed by atoms with Gasteiger partial charge in [0, 0.05) is 44.1 Å². The first-order valence-electron chi connectivity index (χ1n) is 11.2. The highest BCUT2D eigenvalue weighted by Gasteiger charge is 2.30. The van der Waals surface area contributed by atoms with Crippen molar-refractivity contribution in [1.29, 1.82) is 0 Å². The highest BCUT2D eigenvalue weighted by molar-refractivity contribution is 5.89. The molecule has 0 unspecified atom stereocenters. The predicted molar refractivity (Wildman–Crippen MR) is 127 cm³/mol. The van der Waals surface area contributed by atoms with Gasteiger partial charge in [-0.05, 0) is 44.5 Å². The molecule has 0 bridgehead atoms. The van der Waals surface area contributed by atoms with Crippen molar-refractivity contribution in [3.63, 3.8) is 0 Å². The fourth-order valence-corrected chi connectivity index (χ4v) is 4.09. The lowest BCUT2D eigenvalue weighted by molar-refractivity contribution is -0.126. The fourth-order valence-electron chi connectivity index (χ4n) is 4.09. The molecule has 3 heterocycles. The Morgan fingerprint density at radius 2 is 1.85 bits per heavy atom. The van der Waals surface area contributed by atoms with Gasteiger partial charge in [0.15, 0.2) is 0 Å². The maximum atomic E-state index is 12.2. The number of carbonyl (C=O) groups excluding carboxylic acids is 2. The number of fused-ring (bicyclic) bond motifs is 1. The number of piperazine rings is 1. The predicted octanol–water partition coefficient (Wildman–Crippen LogP) is 3.35. The molecule has 9 nitrogen and oxygen atoms in total. The van der Waals surface area contributed by atoms with Crippen molar-refractivity contribution in [2.24, 2.45) is 0 Å². The van der Waals surface area contributed by atoms with Gasteiger partial charge in [-0.3, -0.25) is 9.69 Å². The molecule has 2 aliphatic heterocycles. The second-order valence-corrected chi connectivity index (χ2v) is 8.53. The number of benzene rings is 1. The van der Waals surface area contributed by atoms with Crippen LogP contribution >= 0.6 is 0 Å². The molecule has 4 rings (SSSR count). The normalized spacial score (nSPS) is 16.8. The Balaban J connectivity index is 1.41. The average Bonchev–Trinajstić information content (AvgIpc) is 2.83. The van der Waals surface area contributed by atoms with E-state index >= 15 is 0 Å². The molecule has 0 saturated carbocycles. The molecule has 1 saturated heterocycles. The van der Waals surface area contributed by atoms with Crippen molar-refractivity contribution >= 4 is 29.5 Å². The van der Waals surface area contributed by atoms with Crippen LogP contribution in [0.1, 0.15) is 37.9 Å². The molecule has 1 aromatic heterocycles. The van der Waals surface area contributed by atoms with Gasteiger partial charge in [0.05, 0.1) is 11.6 Å². The van der Waals surface area contributed by atoms with Gasteiger partial charge in [-0.1, -0.05) is 18.7 Å². The molecule has 2 aliphatic rings. The smallest absolute Gasteiger partial charge is 0.416 e. The minimum Gasteiger partial charge on any atom is -0.444 e. The molecule has 33 heavy (non-hydrogen) atoms. The van der Waals surface area contributed by atoms with Crippen LogP contribution in [-0.2, 0) is 16.1 Å². The number of ether oxygens (including phenoxy) is 1. The van der Waals surface area contributed by atoms with E-state index in [1.807, 2.05) is 25.7 Å². The minimum absolute atomic E-state index is 0.0114. The van der Waals surface area contributed by atoms with Crippen LogP contribution in [0.25, 0.3) is 0 Å². The number of hydrogen-bond acceptors (Lipinski definition) is 7. The number of anilines is 3. The van der Waals surface area contributed by atoms with E-state index in [0.29, 0.717) is 24.9 Å². The number of hydrogen-bond donors (Lipinski definition) is 1. The van der Waals surface area contributed by atoms with Gasteiger partial charge in [0.2, 0.25) is 11.9 Å². The van der Waals surface area contributed by atoms with Crippen molar-refractivity contribution in [2.45, 2.75) is 39.5 Å². The van der Waals surface area contributed by atoms with Crippen molar-refractivity contribution in [1.82, 2.24) is 14.9 Å². The van der Waals surface area contributed by atoms with Gasteiger partial charge in [-0.2, -0.15) is 4.98 Å². The van der Waals surface area contributed by atoms with Crippen molar-refractivity contribution in [3.05, 3.63) is 54.2 Å². The van der Waals surface area contributed by atoms with Gasteiger partial charge in [-0.15, -0.1) is 0 Å². The van der Waals surface area contributed by atoms with E-state index in [0.717, 1.165) is 29.9 Å². The van der Waals surface area contributed by atoms with Crippen LogP contribution in [0.15, 0.2) is 43.1 Å². The lowest BCUT2D eigenvalue weighted by atomic mass is 10.1. The van der Waals surface area contributed by atoms with E-state index in [9.17, 15) is 9.59 Å². The molecule has 2 aromatic rings. The molecule has 174 valence electrons. The highest BCUT2D eigenvalue weighted by Crippen LogP contribution is 2.28. The van der Waals surface area contributed by atoms with Crippen LogP contribution < -0.4 is 15.1 Å². The molecule has 1 N–H and O–H groups in total. The maximum absolute atomic E-state index is 12.2. The Hall–Kier alpha value is -3.62. The summed E-state index contributed by atoms with van der Waals surface area (Å²) in [5.41, 5.74) is 3.02. The Kier molecular flexibility index (Phi) is 6.48. The summed E-state index contributed by atoms with van der Waals surface area (Å²) in [6, 6.07) is 8.28. The summed E-state index contributed by atoms with van der Waals surface area (Å²) in [6.45, 7) is 12.6. The van der Waals surface area contributed by atoms with Crippen molar-refractivity contribution in [2.75, 3.05) is 41.3 Å². The Morgan fingerprint density at radius 1 is 1.15 bits per heavy atom. The summed E-state index contributed by atoms with van der Waals surface area (Å²) in [7, 11) is 0. The monoisotopic (exact) mass is 450 g/mol. The van der Waals surface area contributed by atoms with Crippen LogP contribution in [0.4, 0.5) is 22.2 Å². The number of carbonyl (C=O) groups is 2. The Morgan fingerprint density at radius 3 is 2.48 bits per heavy atom. The molecule has 0 aliphatic carbocycles. The SMILES string of the molecule is C=CC(=O)N1CCN(c2ccc([C@H](C)Nc3ncc4c(n3)N(C(C)C)C(=O)OC4)cc2)CC1. The number of aromatic nitrogens is 2. The van der Waals surface area contributed by atoms with Crippen molar-refractivity contribution < 1.29 is 14.3 Å². The van der Waals surface area contributed by atoms with E-state index in [-0.39, 0.29) is 30.7 Å². The fraction of sp³-hybridized carbons (Fsp3) is 0.417. The van der Waals surface area contributed by atoms with E-state index in [2.05, 4.69) is 51.0 Å². The van der Waals surface area contributed by atoms with E-state index in [1.54, 1.807) is 11.1 Å². The summed E-state index contributed by atoms with van der Waals surface area (Å²) < 4.78 is 5.21. The van der Waals surface area contributed by atoms with Gasteiger partial charge >= 0.3 is 6.09 Å². The molecule has 0 radical (unpaired) electrons. The largest absolute Gasteiger partial charge is 0.444 e. The number of nitrogens with zero attached hydrogens (tertiary/aromatic N) is 5. The third kappa shape index (κ3) is 4.76. The molecule has 0 spiro atoms. The first-order valence-corrected chi connectivity index (χ1v) is 11.2. The summed E-state index contributed by atoms with van der Waals surface area (Å²) in [6.07, 6.45) is 2.69. The summed E-state index contributed by atoms with van der Waals surface area (Å²) in [5.74, 6) is 1.05. The van der Waals surface area contributed by atoms with Gasteiger partial charge in [0.25, 0.3) is 0 Å². The topological polar surface area (TPSA) is 90.9 Å². The first kappa shape index (κ1) is 22.6. The highest BCUT2D eigenvalue weighted by atomic mass is 16.6. The second-order valence-electron chi connectivity index (χ2n) is 8.53. The Bertz CT molecular complexity index is 1030. The lowest BCUT2D eigenvalue weighted by Crippen LogP contribution is -2.48. The van der Waals surface area contributed by atoms with Crippen molar-refractivity contribution in [3.8, 4) is 0 Å². The van der Waals surface area contributed by atoms with E-state index in [4.69, 9.17) is 4.74 Å². The Labute approximate surface area is 194 Å². The van der Waals surface area contributed by atoms with Gasteiger partial charge < -0.3 is 19.9 Å². The van der Waals surface area contributed by atoms with Crippen LogP contribution in [0, 0.1) is 0 Å². The lowest BCUT2D eigenvalue weighted by Gasteiger charge is -2.35. The zero-order valence-corrected chi connectivity index (χ0v) is 19.3. The van der Waals surface area contributed by atoms with Crippen LogP contribution in [0.5, 0.6) is 0 Å². The van der Waals surface area contributed by atoms with Crippen LogP contribution in [0.2, 0.25) is 0 Å². The molecule has 9 heteroatoms. The number of nitrogens with one attached hydrogen (secondary N) is 1. The second kappa shape index (κ2) is 9.48. The molecule has 1 atom stereocenters. The molecule has 1 fully saturated rings. The molecular weight excluding hydrogens is 420 g/mol. The molecule has 2 amide bonds. The summed E-state index contributed by atoms with van der Waals surface area (Å²) in [5, 5.41) is 3.34. The maximum Gasteiger partial charge on any atom is 0.416 e. The first-order chi connectivity index (χ1) is 15.9. The summed E-state index contributed by atoms with van der Waals surface area (Å²) >= 11 is 0. The number of rotatable bonds is 6. The van der Waals surface area contributed by atoms with E-state index < -0.39 is 0 Å². The standard InChI is InChI=1S/C24H30N6O3/c1-5-21(31)29-12-10-28(11-13-29)20-8-6-18(7-9-20)17(4)26-23-25-14-19-15-33-24(32)30(16(2)3)22(19)27-23/h5-9,14,16-17H,1,10-13,15H2,2-4H3,(H,25,26,27)/t17-/m0/s1. The van der Waals surface area contributed by atoms with E-state index in [1.165, 1.54) is 6.08 Å². The molecular formula is C24H30N6O3. The van der Waals surface area contributed by atoms with Gasteiger partial charge in [0.1, 0.15) is 12.4 Å². The zero-order chi connectivity index (χ0) is 23.5. The number of amides is 2. The third-order valence-corrected chi connectivity index (χ3v) is 6.00.